The zero-order valence-corrected chi connectivity index (χ0v) is 24.2. The number of para-hydroxylation sites is 2. The number of nitrogens with zero attached hydrogens (tertiary/aromatic N) is 4. The quantitative estimate of drug-likeness (QED) is 0.141. The van der Waals surface area contributed by atoms with E-state index in [1.54, 1.807) is 6.20 Å². The first kappa shape index (κ1) is 26.7. The Morgan fingerprint density at radius 2 is 1.14 bits per heavy atom. The minimum atomic E-state index is 0.607. The van der Waals surface area contributed by atoms with Crippen molar-refractivity contribution in [2.75, 3.05) is 11.1 Å². The first-order valence-corrected chi connectivity index (χ1v) is 13.5. The first-order valence-electron chi connectivity index (χ1n) is 11.1. The number of rotatable bonds is 2. The van der Waals surface area contributed by atoms with Crippen LogP contribution in [0, 0.1) is 0 Å². The maximum absolute atomic E-state index is 5.36. The molecule has 37 heavy (non-hydrogen) atoms. The second kappa shape index (κ2) is 13.2. The van der Waals surface area contributed by atoms with Gasteiger partial charge in [-0.3, -0.25) is 0 Å². The highest BCUT2D eigenvalue weighted by molar-refractivity contribution is 9.11. The molecule has 0 amide bonds. The summed E-state index contributed by atoms with van der Waals surface area (Å²) in [4.78, 5) is 17.0. The molecule has 0 radical (unpaired) electrons. The van der Waals surface area contributed by atoms with Crippen molar-refractivity contribution in [1.82, 2.24) is 19.9 Å². The van der Waals surface area contributed by atoms with Gasteiger partial charge in [0.1, 0.15) is 0 Å². The number of nitrogen functional groups attached to an aromatic ring is 1. The van der Waals surface area contributed by atoms with Crippen molar-refractivity contribution in [3.63, 3.8) is 0 Å². The van der Waals surface area contributed by atoms with Gasteiger partial charge >= 0.3 is 0 Å². The fourth-order valence-electron chi connectivity index (χ4n) is 3.15. The molecule has 0 fully saturated rings. The van der Waals surface area contributed by atoms with Crippen LogP contribution in [-0.2, 0) is 0 Å². The van der Waals surface area contributed by atoms with E-state index in [1.165, 1.54) is 0 Å². The van der Waals surface area contributed by atoms with E-state index in [0.29, 0.717) is 10.7 Å². The highest BCUT2D eigenvalue weighted by atomic mass is 79.9. The molecule has 6 rings (SSSR count). The molecule has 4 aromatic carbocycles. The highest BCUT2D eigenvalue weighted by Crippen LogP contribution is 2.20. The molecule has 184 valence electrons. The molecule has 6 nitrogen and oxygen atoms in total. The minimum Gasteiger partial charge on any atom is -0.399 e. The molecular formula is C28H21Br3N6. The van der Waals surface area contributed by atoms with E-state index in [-0.39, 0.29) is 0 Å². The van der Waals surface area contributed by atoms with Gasteiger partial charge in [-0.1, -0.05) is 68.3 Å². The first-order chi connectivity index (χ1) is 18.0. The predicted molar refractivity (Wildman–Crippen MR) is 163 cm³/mol. The molecular weight excluding hydrogens is 660 g/mol. The van der Waals surface area contributed by atoms with Crippen LogP contribution in [0.2, 0.25) is 0 Å². The van der Waals surface area contributed by atoms with Crippen molar-refractivity contribution in [3.05, 3.63) is 123 Å². The summed E-state index contributed by atoms with van der Waals surface area (Å²) >= 11 is 10.0. The zero-order chi connectivity index (χ0) is 26.0. The lowest BCUT2D eigenvalue weighted by Crippen LogP contribution is -1.96. The van der Waals surface area contributed by atoms with Gasteiger partial charge in [-0.25, -0.2) is 19.9 Å². The summed E-state index contributed by atoms with van der Waals surface area (Å²) in [5, 5.41) is 5.23. The monoisotopic (exact) mass is 678 g/mol. The van der Waals surface area contributed by atoms with E-state index in [4.69, 9.17) is 5.73 Å². The molecule has 6 aromatic rings. The number of aromatic nitrogens is 4. The molecule has 0 bridgehead atoms. The van der Waals surface area contributed by atoms with Crippen LogP contribution in [0.4, 0.5) is 17.3 Å². The van der Waals surface area contributed by atoms with Gasteiger partial charge in [-0.2, -0.15) is 0 Å². The molecule has 0 saturated heterocycles. The lowest BCUT2D eigenvalue weighted by atomic mass is 10.2. The van der Waals surface area contributed by atoms with Crippen LogP contribution in [0.1, 0.15) is 0 Å². The molecule has 0 unspecified atom stereocenters. The van der Waals surface area contributed by atoms with Gasteiger partial charge in [0.25, 0.3) is 0 Å². The third-order valence-electron chi connectivity index (χ3n) is 4.88. The van der Waals surface area contributed by atoms with E-state index in [0.717, 1.165) is 42.1 Å². The van der Waals surface area contributed by atoms with Gasteiger partial charge in [0, 0.05) is 43.5 Å². The maximum atomic E-state index is 5.36. The van der Waals surface area contributed by atoms with Crippen LogP contribution in [0.3, 0.4) is 0 Å². The van der Waals surface area contributed by atoms with Crippen LogP contribution in [0.25, 0.3) is 21.8 Å². The van der Waals surface area contributed by atoms with Crippen molar-refractivity contribution < 1.29 is 0 Å². The second-order valence-electron chi connectivity index (χ2n) is 7.64. The summed E-state index contributed by atoms with van der Waals surface area (Å²) in [7, 11) is 0. The molecule has 3 N–H and O–H groups in total. The van der Waals surface area contributed by atoms with E-state index < -0.39 is 0 Å². The van der Waals surface area contributed by atoms with E-state index >= 15 is 0 Å². The average Bonchev–Trinajstić information content (AvgIpc) is 2.91. The average molecular weight is 681 g/mol. The SMILES string of the molecule is Brc1ccc2nc(Br)ncc2c1.Brc1ccc2nc(Nc3ccccc3)ncc2c1.Nc1ccccc1. The molecule has 0 aliphatic rings. The Balaban J connectivity index is 0.000000144. The van der Waals surface area contributed by atoms with Crippen molar-refractivity contribution in [2.24, 2.45) is 0 Å². The Morgan fingerprint density at radius 1 is 0.595 bits per heavy atom. The number of benzene rings is 4. The van der Waals surface area contributed by atoms with E-state index in [9.17, 15) is 0 Å². The lowest BCUT2D eigenvalue weighted by Gasteiger charge is -2.05. The second-order valence-corrected chi connectivity index (χ2v) is 10.2. The largest absolute Gasteiger partial charge is 0.399 e. The summed E-state index contributed by atoms with van der Waals surface area (Å²) < 4.78 is 2.70. The fraction of sp³-hybridized carbons (Fsp3) is 0. The van der Waals surface area contributed by atoms with Gasteiger partial charge in [0.15, 0.2) is 4.73 Å². The van der Waals surface area contributed by atoms with Crippen LogP contribution in [0.15, 0.2) is 123 Å². The molecule has 9 heteroatoms. The van der Waals surface area contributed by atoms with Gasteiger partial charge in [0.05, 0.1) is 11.0 Å². The molecule has 0 spiro atoms. The van der Waals surface area contributed by atoms with Gasteiger partial charge in [0.2, 0.25) is 5.95 Å². The molecule has 0 saturated carbocycles. The number of nitrogens with two attached hydrogens (primary N) is 1. The molecule has 2 heterocycles. The topological polar surface area (TPSA) is 89.6 Å². The van der Waals surface area contributed by atoms with Crippen molar-refractivity contribution in [3.8, 4) is 0 Å². The van der Waals surface area contributed by atoms with Gasteiger partial charge < -0.3 is 11.1 Å². The van der Waals surface area contributed by atoms with Crippen molar-refractivity contribution in [2.45, 2.75) is 0 Å². The number of hydrogen-bond donors (Lipinski definition) is 2. The van der Waals surface area contributed by atoms with Crippen LogP contribution in [-0.4, -0.2) is 19.9 Å². The number of hydrogen-bond acceptors (Lipinski definition) is 6. The summed E-state index contributed by atoms with van der Waals surface area (Å²) in [5.41, 5.74) is 9.03. The van der Waals surface area contributed by atoms with Crippen molar-refractivity contribution >= 4 is 86.9 Å². The lowest BCUT2D eigenvalue weighted by molar-refractivity contribution is 1.16. The Hall–Kier alpha value is -3.40. The molecule has 2 aromatic heterocycles. The van der Waals surface area contributed by atoms with Gasteiger partial charge in [-0.05, 0) is 76.6 Å². The number of halogens is 3. The smallest absolute Gasteiger partial charge is 0.227 e. The third kappa shape index (κ3) is 8.31. The normalized spacial score (nSPS) is 10.1. The zero-order valence-electron chi connectivity index (χ0n) is 19.4. The molecule has 0 aliphatic heterocycles. The summed E-state index contributed by atoms with van der Waals surface area (Å²) in [6.07, 6.45) is 3.61. The summed E-state index contributed by atoms with van der Waals surface area (Å²) in [6.45, 7) is 0. The number of nitrogens with one attached hydrogen (secondary N) is 1. The predicted octanol–water partition coefficient (Wildman–Crippen LogP) is 8.56. The van der Waals surface area contributed by atoms with Gasteiger partial charge in [-0.15, -0.1) is 0 Å². The van der Waals surface area contributed by atoms with Crippen LogP contribution in [0.5, 0.6) is 0 Å². The Labute approximate surface area is 239 Å². The third-order valence-corrected chi connectivity index (χ3v) is 6.25. The van der Waals surface area contributed by atoms with E-state index in [1.807, 2.05) is 103 Å². The standard InChI is InChI=1S/C14H10BrN3.C8H4Br2N2.C6H7N/c15-11-6-7-13-10(8-11)9-16-14(18-13)17-12-4-2-1-3-5-12;9-6-1-2-7-5(3-6)4-11-8(10)12-7;7-6-4-2-1-3-5-6/h1-9H,(H,16,17,18);1-4H;1-5H,7H2. The summed E-state index contributed by atoms with van der Waals surface area (Å²) in [5.74, 6) is 0.607. The Kier molecular flexibility index (Phi) is 9.53. The molecule has 0 aliphatic carbocycles. The number of anilines is 3. The van der Waals surface area contributed by atoms with Crippen LogP contribution < -0.4 is 11.1 Å². The number of fused-ring (bicyclic) bond motifs is 2. The minimum absolute atomic E-state index is 0.607. The van der Waals surface area contributed by atoms with E-state index in [2.05, 4.69) is 73.0 Å². The Bertz CT molecular complexity index is 1560. The highest BCUT2D eigenvalue weighted by Gasteiger charge is 2.01. The summed E-state index contributed by atoms with van der Waals surface area (Å²) in [6, 6.07) is 31.2. The van der Waals surface area contributed by atoms with Crippen molar-refractivity contribution in [1.29, 1.82) is 0 Å². The molecule has 0 atom stereocenters. The van der Waals surface area contributed by atoms with Crippen LogP contribution >= 0.6 is 47.8 Å². The fourth-order valence-corrected chi connectivity index (χ4v) is 4.20. The maximum Gasteiger partial charge on any atom is 0.227 e. The Morgan fingerprint density at radius 3 is 1.70 bits per heavy atom.